The number of nitrogens with zero attached hydrogens (tertiary/aromatic N) is 1. The number of rotatable bonds is 7. The summed E-state index contributed by atoms with van der Waals surface area (Å²) in [6.45, 7) is -0.0270. The zero-order chi connectivity index (χ0) is 18.4. The molecule has 0 aliphatic carbocycles. The summed E-state index contributed by atoms with van der Waals surface area (Å²) in [5.41, 5.74) is 1.82. The van der Waals surface area contributed by atoms with Gasteiger partial charge in [0.25, 0.3) is 0 Å². The molecule has 26 heavy (non-hydrogen) atoms. The van der Waals surface area contributed by atoms with Gasteiger partial charge in [-0.25, -0.2) is 4.39 Å². The second-order valence-corrected chi connectivity index (χ2v) is 5.43. The van der Waals surface area contributed by atoms with E-state index in [2.05, 4.69) is 10.5 Å². The lowest BCUT2D eigenvalue weighted by Crippen LogP contribution is -2.18. The highest BCUT2D eigenvalue weighted by molar-refractivity contribution is 5.93. The fourth-order valence-electron chi connectivity index (χ4n) is 2.31. The number of methoxy groups -OCH3 is 1. The Kier molecular flexibility index (Phi) is 5.60. The average Bonchev–Trinajstić information content (AvgIpc) is 3.11. The van der Waals surface area contributed by atoms with Crippen LogP contribution in [0.3, 0.4) is 0 Å². The van der Waals surface area contributed by atoms with Crippen LogP contribution in [0.2, 0.25) is 0 Å². The monoisotopic (exact) mass is 356 g/mol. The minimum Gasteiger partial charge on any atom is -0.495 e. The zero-order valence-corrected chi connectivity index (χ0v) is 14.1. The van der Waals surface area contributed by atoms with Gasteiger partial charge >= 0.3 is 0 Å². The molecule has 3 rings (SSSR count). The minimum absolute atomic E-state index is 0.115. The predicted molar refractivity (Wildman–Crippen MR) is 93.2 cm³/mol. The smallest absolute Gasteiger partial charge is 0.250 e. The number of aromatic nitrogens is 1. The first kappa shape index (κ1) is 17.6. The fraction of sp³-hybridized carbons (Fsp3) is 0.158. The van der Waals surface area contributed by atoms with Crippen molar-refractivity contribution < 1.29 is 23.2 Å². The van der Waals surface area contributed by atoms with E-state index in [0.29, 0.717) is 28.5 Å². The fourth-order valence-corrected chi connectivity index (χ4v) is 2.31. The Morgan fingerprint density at radius 2 is 1.96 bits per heavy atom. The molecule has 0 saturated heterocycles. The molecule has 134 valence electrons. The lowest BCUT2D eigenvalue weighted by atomic mass is 10.1. The van der Waals surface area contributed by atoms with Gasteiger partial charge < -0.3 is 19.3 Å². The SMILES string of the molecule is COc1ccccc1NC(=O)COCc1cc(-c2ccc(F)cc2)on1. The van der Waals surface area contributed by atoms with Crippen LogP contribution in [0, 0.1) is 5.82 Å². The van der Waals surface area contributed by atoms with Gasteiger partial charge in [-0.1, -0.05) is 17.3 Å². The molecule has 6 nitrogen and oxygen atoms in total. The number of anilines is 1. The molecule has 0 unspecified atom stereocenters. The van der Waals surface area contributed by atoms with Crippen LogP contribution in [0.5, 0.6) is 5.75 Å². The second kappa shape index (κ2) is 8.26. The Balaban J connectivity index is 1.50. The molecule has 0 aliphatic heterocycles. The summed E-state index contributed by atoms with van der Waals surface area (Å²) in [5.74, 6) is 0.443. The molecule has 7 heteroatoms. The van der Waals surface area contributed by atoms with Crippen LogP contribution in [-0.4, -0.2) is 24.8 Å². The van der Waals surface area contributed by atoms with Gasteiger partial charge in [0.2, 0.25) is 5.91 Å². The third-order valence-corrected chi connectivity index (χ3v) is 3.55. The van der Waals surface area contributed by atoms with Crippen molar-refractivity contribution in [2.24, 2.45) is 0 Å². The predicted octanol–water partition coefficient (Wildman–Crippen LogP) is 3.64. The summed E-state index contributed by atoms with van der Waals surface area (Å²) >= 11 is 0. The summed E-state index contributed by atoms with van der Waals surface area (Å²) in [6, 6.07) is 14.7. The van der Waals surface area contributed by atoms with E-state index in [-0.39, 0.29) is 24.9 Å². The highest BCUT2D eigenvalue weighted by Gasteiger charge is 2.10. The molecule has 0 spiro atoms. The molecule has 1 N–H and O–H groups in total. The maximum absolute atomic E-state index is 12.9. The Bertz CT molecular complexity index is 877. The number of halogens is 1. The minimum atomic E-state index is -0.321. The molecule has 1 heterocycles. The number of nitrogens with one attached hydrogen (secondary N) is 1. The molecule has 1 aromatic heterocycles. The molecule has 0 fully saturated rings. The summed E-state index contributed by atoms with van der Waals surface area (Å²) in [4.78, 5) is 12.0. The van der Waals surface area contributed by atoms with Gasteiger partial charge in [0.1, 0.15) is 23.9 Å². The maximum Gasteiger partial charge on any atom is 0.250 e. The van der Waals surface area contributed by atoms with Gasteiger partial charge in [0.15, 0.2) is 5.76 Å². The third kappa shape index (κ3) is 4.46. The topological polar surface area (TPSA) is 73.6 Å². The highest BCUT2D eigenvalue weighted by Crippen LogP contribution is 2.23. The molecule has 0 aliphatic rings. The van der Waals surface area contributed by atoms with E-state index in [0.717, 1.165) is 0 Å². The molecule has 3 aromatic rings. The average molecular weight is 356 g/mol. The molecule has 1 amide bonds. The van der Waals surface area contributed by atoms with Crippen LogP contribution in [0.1, 0.15) is 5.69 Å². The van der Waals surface area contributed by atoms with Crippen LogP contribution >= 0.6 is 0 Å². The van der Waals surface area contributed by atoms with Crippen molar-refractivity contribution in [2.75, 3.05) is 19.0 Å². The summed E-state index contributed by atoms with van der Waals surface area (Å²) in [6.07, 6.45) is 0. The van der Waals surface area contributed by atoms with Crippen LogP contribution in [-0.2, 0) is 16.1 Å². The highest BCUT2D eigenvalue weighted by atomic mass is 19.1. The maximum atomic E-state index is 12.9. The van der Waals surface area contributed by atoms with E-state index in [4.69, 9.17) is 14.0 Å². The van der Waals surface area contributed by atoms with Gasteiger partial charge in [-0.3, -0.25) is 4.79 Å². The number of hydrogen-bond acceptors (Lipinski definition) is 5. The van der Waals surface area contributed by atoms with E-state index in [1.807, 2.05) is 6.07 Å². The summed E-state index contributed by atoms with van der Waals surface area (Å²) in [7, 11) is 1.53. The number of ether oxygens (including phenoxy) is 2. The van der Waals surface area contributed by atoms with Crippen LogP contribution in [0.4, 0.5) is 10.1 Å². The molecule has 0 bridgehead atoms. The van der Waals surface area contributed by atoms with Crippen molar-refractivity contribution in [2.45, 2.75) is 6.61 Å². The van der Waals surface area contributed by atoms with Crippen LogP contribution in [0.15, 0.2) is 59.1 Å². The molecule has 2 aromatic carbocycles. The number of benzene rings is 2. The van der Waals surface area contributed by atoms with Crippen molar-refractivity contribution in [3.05, 3.63) is 66.1 Å². The Morgan fingerprint density at radius 1 is 1.19 bits per heavy atom. The van der Waals surface area contributed by atoms with Gasteiger partial charge in [-0.05, 0) is 36.4 Å². The van der Waals surface area contributed by atoms with Crippen LogP contribution < -0.4 is 10.1 Å². The molecule has 0 saturated carbocycles. The van der Waals surface area contributed by atoms with Gasteiger partial charge in [0.05, 0.1) is 19.4 Å². The van der Waals surface area contributed by atoms with Crippen molar-refractivity contribution in [1.82, 2.24) is 5.16 Å². The van der Waals surface area contributed by atoms with E-state index in [9.17, 15) is 9.18 Å². The molecule has 0 atom stereocenters. The van der Waals surface area contributed by atoms with Gasteiger partial charge in [0, 0.05) is 11.6 Å². The number of carbonyl (C=O) groups is 1. The second-order valence-electron chi connectivity index (χ2n) is 5.43. The van der Waals surface area contributed by atoms with Crippen molar-refractivity contribution in [3.63, 3.8) is 0 Å². The quantitative estimate of drug-likeness (QED) is 0.700. The molecule has 0 radical (unpaired) electrons. The largest absolute Gasteiger partial charge is 0.495 e. The summed E-state index contributed by atoms with van der Waals surface area (Å²) in [5, 5.41) is 6.59. The van der Waals surface area contributed by atoms with E-state index in [1.165, 1.54) is 19.2 Å². The Hall–Kier alpha value is -3.19. The van der Waals surface area contributed by atoms with Gasteiger partial charge in [-0.2, -0.15) is 0 Å². The first-order valence-electron chi connectivity index (χ1n) is 7.88. The van der Waals surface area contributed by atoms with Crippen LogP contribution in [0.25, 0.3) is 11.3 Å². The number of hydrogen-bond donors (Lipinski definition) is 1. The number of amides is 1. The Morgan fingerprint density at radius 3 is 2.73 bits per heavy atom. The normalized spacial score (nSPS) is 10.5. The Labute approximate surface area is 149 Å². The third-order valence-electron chi connectivity index (χ3n) is 3.55. The lowest BCUT2D eigenvalue weighted by molar-refractivity contribution is -0.121. The molecular formula is C19H17FN2O4. The standard InChI is InChI=1S/C19H17FN2O4/c1-24-17-5-3-2-4-16(17)21-19(23)12-25-11-15-10-18(26-22-15)13-6-8-14(20)9-7-13/h2-10H,11-12H2,1H3,(H,21,23). The first-order chi connectivity index (χ1) is 12.7. The zero-order valence-electron chi connectivity index (χ0n) is 14.1. The molecular weight excluding hydrogens is 339 g/mol. The van der Waals surface area contributed by atoms with Gasteiger partial charge in [-0.15, -0.1) is 0 Å². The van der Waals surface area contributed by atoms with Crippen molar-refractivity contribution >= 4 is 11.6 Å². The van der Waals surface area contributed by atoms with E-state index in [1.54, 1.807) is 36.4 Å². The van der Waals surface area contributed by atoms with Crippen molar-refractivity contribution in [1.29, 1.82) is 0 Å². The number of para-hydroxylation sites is 2. The lowest BCUT2D eigenvalue weighted by Gasteiger charge is -2.09. The van der Waals surface area contributed by atoms with E-state index < -0.39 is 0 Å². The van der Waals surface area contributed by atoms with E-state index >= 15 is 0 Å². The summed E-state index contributed by atoms with van der Waals surface area (Å²) < 4.78 is 28.7. The number of carbonyl (C=O) groups excluding carboxylic acids is 1. The van der Waals surface area contributed by atoms with Crippen molar-refractivity contribution in [3.8, 4) is 17.1 Å². The first-order valence-corrected chi connectivity index (χ1v) is 7.88.